The highest BCUT2D eigenvalue weighted by Crippen LogP contribution is 2.21. The molecule has 0 saturated carbocycles. The van der Waals surface area contributed by atoms with E-state index in [0.717, 1.165) is 18.7 Å². The van der Waals surface area contributed by atoms with Gasteiger partial charge in [0.15, 0.2) is 0 Å². The number of anilines is 1. The van der Waals surface area contributed by atoms with Crippen LogP contribution < -0.4 is 11.1 Å². The third-order valence-corrected chi connectivity index (χ3v) is 2.95. The maximum atomic E-state index is 5.62. The van der Waals surface area contributed by atoms with E-state index in [9.17, 15) is 0 Å². The quantitative estimate of drug-likeness (QED) is 0.773. The summed E-state index contributed by atoms with van der Waals surface area (Å²) in [5.41, 5.74) is 7.45. The number of rotatable bonds is 5. The summed E-state index contributed by atoms with van der Waals surface area (Å²) in [6, 6.07) is 3.83. The first-order valence-corrected chi connectivity index (χ1v) is 5.86. The summed E-state index contributed by atoms with van der Waals surface area (Å²) in [6.45, 7) is 7.50. The van der Waals surface area contributed by atoms with Crippen LogP contribution in [0.5, 0.6) is 0 Å². The first-order valence-electron chi connectivity index (χ1n) is 5.45. The molecule has 0 aliphatic carbocycles. The largest absolute Gasteiger partial charge is 0.388 e. The second kappa shape index (κ2) is 5.25. The van der Waals surface area contributed by atoms with Gasteiger partial charge < -0.3 is 11.1 Å². The molecule has 1 heterocycles. The maximum Gasteiger partial charge on any atom is 0.124 e. The summed E-state index contributed by atoms with van der Waals surface area (Å²) in [4.78, 5) is 4.51. The van der Waals surface area contributed by atoms with Gasteiger partial charge in [-0.2, -0.15) is 0 Å². The van der Waals surface area contributed by atoms with E-state index in [1.54, 1.807) is 6.20 Å². The summed E-state index contributed by atoms with van der Waals surface area (Å²) in [5.74, 6) is 0. The van der Waals surface area contributed by atoms with Crippen LogP contribution in [0.3, 0.4) is 0 Å². The molecule has 1 aromatic heterocycles. The number of thiocarbonyl (C=S) groups is 1. The standard InChI is InChI=1S/C12H19N3S/c1-4-12(2,3)8-15-9-6-5-7-14-10(9)11(13)16/h5-7,15H,4,8H2,1-3H3,(H2,13,16). The van der Waals surface area contributed by atoms with Gasteiger partial charge in [-0.1, -0.05) is 33.0 Å². The van der Waals surface area contributed by atoms with Crippen molar-refractivity contribution in [3.63, 3.8) is 0 Å². The molecule has 3 nitrogen and oxygen atoms in total. The molecular formula is C12H19N3S. The summed E-state index contributed by atoms with van der Waals surface area (Å²) in [7, 11) is 0. The molecule has 4 heteroatoms. The Kier molecular flexibility index (Phi) is 4.24. The molecule has 16 heavy (non-hydrogen) atoms. The van der Waals surface area contributed by atoms with Crippen LogP contribution in [0.2, 0.25) is 0 Å². The van der Waals surface area contributed by atoms with E-state index in [4.69, 9.17) is 18.0 Å². The van der Waals surface area contributed by atoms with Crippen molar-refractivity contribution < 1.29 is 0 Å². The molecular weight excluding hydrogens is 218 g/mol. The highest BCUT2D eigenvalue weighted by molar-refractivity contribution is 7.80. The van der Waals surface area contributed by atoms with Crippen molar-refractivity contribution >= 4 is 22.9 Å². The van der Waals surface area contributed by atoms with Crippen LogP contribution in [-0.2, 0) is 0 Å². The van der Waals surface area contributed by atoms with Crippen molar-refractivity contribution in [2.75, 3.05) is 11.9 Å². The number of nitrogens with one attached hydrogen (secondary N) is 1. The topological polar surface area (TPSA) is 50.9 Å². The Morgan fingerprint density at radius 2 is 2.25 bits per heavy atom. The van der Waals surface area contributed by atoms with Gasteiger partial charge >= 0.3 is 0 Å². The lowest BCUT2D eigenvalue weighted by Gasteiger charge is -2.24. The summed E-state index contributed by atoms with van der Waals surface area (Å²) in [5, 5.41) is 3.36. The van der Waals surface area contributed by atoms with Gasteiger partial charge in [0.1, 0.15) is 10.7 Å². The molecule has 0 radical (unpaired) electrons. The van der Waals surface area contributed by atoms with Crippen molar-refractivity contribution in [3.05, 3.63) is 24.0 Å². The second-order valence-corrected chi connectivity index (χ2v) is 5.07. The number of aromatic nitrogens is 1. The van der Waals surface area contributed by atoms with E-state index >= 15 is 0 Å². The van der Waals surface area contributed by atoms with Gasteiger partial charge in [-0.25, -0.2) is 0 Å². The highest BCUT2D eigenvalue weighted by atomic mass is 32.1. The molecule has 3 N–H and O–H groups in total. The molecule has 1 rings (SSSR count). The van der Waals surface area contributed by atoms with Gasteiger partial charge in [0.2, 0.25) is 0 Å². The summed E-state index contributed by atoms with van der Waals surface area (Å²) >= 11 is 4.96. The Balaban J connectivity index is 2.78. The van der Waals surface area contributed by atoms with Crippen LogP contribution in [0.25, 0.3) is 0 Å². The third kappa shape index (κ3) is 3.45. The lowest BCUT2D eigenvalue weighted by Crippen LogP contribution is -2.24. The zero-order chi connectivity index (χ0) is 12.2. The Morgan fingerprint density at radius 1 is 1.56 bits per heavy atom. The van der Waals surface area contributed by atoms with Crippen LogP contribution in [0.1, 0.15) is 32.9 Å². The Morgan fingerprint density at radius 3 is 2.81 bits per heavy atom. The normalized spacial score (nSPS) is 11.2. The second-order valence-electron chi connectivity index (χ2n) is 4.64. The van der Waals surface area contributed by atoms with Crippen molar-refractivity contribution in [1.29, 1.82) is 0 Å². The van der Waals surface area contributed by atoms with Crippen molar-refractivity contribution in [2.24, 2.45) is 11.1 Å². The van der Waals surface area contributed by atoms with Crippen LogP contribution in [-0.4, -0.2) is 16.5 Å². The number of nitrogens with zero attached hydrogens (tertiary/aromatic N) is 1. The molecule has 0 atom stereocenters. The summed E-state index contributed by atoms with van der Waals surface area (Å²) in [6.07, 6.45) is 2.81. The lowest BCUT2D eigenvalue weighted by atomic mass is 9.90. The van der Waals surface area contributed by atoms with Gasteiger partial charge in [-0.3, -0.25) is 4.98 Å². The molecule has 0 unspecified atom stereocenters. The highest BCUT2D eigenvalue weighted by Gasteiger charge is 2.15. The SMILES string of the molecule is CCC(C)(C)CNc1cccnc1C(N)=S. The van der Waals surface area contributed by atoms with Gasteiger partial charge in [-0.05, 0) is 24.0 Å². The minimum absolute atomic E-state index is 0.253. The average molecular weight is 237 g/mol. The molecule has 0 spiro atoms. The Bertz CT molecular complexity index is 374. The van der Waals surface area contributed by atoms with Crippen molar-refractivity contribution in [1.82, 2.24) is 4.98 Å². The smallest absolute Gasteiger partial charge is 0.124 e. The van der Waals surface area contributed by atoms with Gasteiger partial charge in [0.05, 0.1) is 5.69 Å². The molecule has 0 bridgehead atoms. The fourth-order valence-corrected chi connectivity index (χ4v) is 1.37. The van der Waals surface area contributed by atoms with E-state index in [2.05, 4.69) is 31.1 Å². The van der Waals surface area contributed by atoms with E-state index in [-0.39, 0.29) is 5.41 Å². The minimum atomic E-state index is 0.253. The van der Waals surface area contributed by atoms with E-state index in [1.807, 2.05) is 12.1 Å². The molecule has 0 amide bonds. The van der Waals surface area contributed by atoms with Gasteiger partial charge in [0.25, 0.3) is 0 Å². The predicted molar refractivity (Wildman–Crippen MR) is 72.7 cm³/mol. The van der Waals surface area contributed by atoms with E-state index in [1.165, 1.54) is 0 Å². The van der Waals surface area contributed by atoms with Crippen molar-refractivity contribution in [2.45, 2.75) is 27.2 Å². The van der Waals surface area contributed by atoms with Crippen LogP contribution in [0.15, 0.2) is 18.3 Å². The van der Waals surface area contributed by atoms with Crippen LogP contribution in [0, 0.1) is 5.41 Å². The molecule has 1 aromatic rings. The molecule has 0 saturated heterocycles. The first-order chi connectivity index (χ1) is 7.46. The number of nitrogens with two attached hydrogens (primary N) is 1. The minimum Gasteiger partial charge on any atom is -0.388 e. The van der Waals surface area contributed by atoms with Crippen LogP contribution >= 0.6 is 12.2 Å². The van der Waals surface area contributed by atoms with E-state index < -0.39 is 0 Å². The van der Waals surface area contributed by atoms with Crippen molar-refractivity contribution in [3.8, 4) is 0 Å². The van der Waals surface area contributed by atoms with E-state index in [0.29, 0.717) is 10.7 Å². The maximum absolute atomic E-state index is 5.62. The fraction of sp³-hybridized carbons (Fsp3) is 0.500. The Hall–Kier alpha value is -1.16. The third-order valence-electron chi connectivity index (χ3n) is 2.76. The lowest BCUT2D eigenvalue weighted by molar-refractivity contribution is 0.377. The van der Waals surface area contributed by atoms with Crippen LogP contribution in [0.4, 0.5) is 5.69 Å². The number of pyridine rings is 1. The zero-order valence-corrected chi connectivity index (χ0v) is 10.9. The molecule has 0 aromatic carbocycles. The van der Waals surface area contributed by atoms with Gasteiger partial charge in [-0.15, -0.1) is 0 Å². The number of hydrogen-bond donors (Lipinski definition) is 2. The molecule has 0 aliphatic heterocycles. The Labute approximate surface area is 102 Å². The van der Waals surface area contributed by atoms with Gasteiger partial charge in [0, 0.05) is 12.7 Å². The molecule has 0 fully saturated rings. The fourth-order valence-electron chi connectivity index (χ4n) is 1.20. The molecule has 88 valence electrons. The number of hydrogen-bond acceptors (Lipinski definition) is 3. The summed E-state index contributed by atoms with van der Waals surface area (Å²) < 4.78 is 0. The predicted octanol–water partition coefficient (Wildman–Crippen LogP) is 2.56. The monoisotopic (exact) mass is 237 g/mol. The first kappa shape index (κ1) is 12.9. The average Bonchev–Trinajstić information content (AvgIpc) is 2.27. The molecule has 0 aliphatic rings. The zero-order valence-electron chi connectivity index (χ0n) is 10.1.